The van der Waals surface area contributed by atoms with Crippen molar-refractivity contribution in [3.05, 3.63) is 18.2 Å². The van der Waals surface area contributed by atoms with Crippen LogP contribution in [0.4, 0.5) is 0 Å². The summed E-state index contributed by atoms with van der Waals surface area (Å²) in [5.41, 5.74) is 7.25. The maximum atomic E-state index is 6.02. The lowest BCUT2D eigenvalue weighted by Gasteiger charge is -2.33. The largest absolute Gasteiger partial charge is 0.333 e. The van der Waals surface area contributed by atoms with Crippen LogP contribution in [0.15, 0.2) is 12.5 Å². The fourth-order valence-electron chi connectivity index (χ4n) is 2.69. The van der Waals surface area contributed by atoms with Crippen LogP contribution in [0.3, 0.4) is 0 Å². The van der Waals surface area contributed by atoms with Crippen molar-refractivity contribution >= 4 is 0 Å². The summed E-state index contributed by atoms with van der Waals surface area (Å²) < 4.78 is 2.23. The molecule has 0 fully saturated rings. The van der Waals surface area contributed by atoms with E-state index in [0.717, 1.165) is 13.0 Å². The molecular formula is C15H30N4. The molecule has 19 heavy (non-hydrogen) atoms. The van der Waals surface area contributed by atoms with Gasteiger partial charge in [-0.3, -0.25) is 4.90 Å². The molecule has 1 rings (SSSR count). The molecule has 110 valence electrons. The molecule has 0 bridgehead atoms. The van der Waals surface area contributed by atoms with Crippen molar-refractivity contribution in [1.29, 1.82) is 0 Å². The Balaban J connectivity index is 2.83. The summed E-state index contributed by atoms with van der Waals surface area (Å²) in [7, 11) is 2.17. The molecule has 0 amide bonds. The molecule has 0 aliphatic rings. The van der Waals surface area contributed by atoms with Gasteiger partial charge in [-0.15, -0.1) is 0 Å². The summed E-state index contributed by atoms with van der Waals surface area (Å²) in [6.07, 6.45) is 6.19. The van der Waals surface area contributed by atoms with E-state index < -0.39 is 0 Å². The summed E-state index contributed by atoms with van der Waals surface area (Å²) >= 11 is 0. The SMILES string of the molecule is CCCn1cncc1C(CN)N(C)C(C)CC(C)C. The third-order valence-electron chi connectivity index (χ3n) is 3.77. The molecule has 0 saturated carbocycles. The summed E-state index contributed by atoms with van der Waals surface area (Å²) in [5.74, 6) is 0.705. The highest BCUT2D eigenvalue weighted by Gasteiger charge is 2.23. The second-order valence-corrected chi connectivity index (χ2v) is 5.91. The Bertz CT molecular complexity index is 359. The van der Waals surface area contributed by atoms with Gasteiger partial charge in [-0.1, -0.05) is 20.8 Å². The van der Waals surface area contributed by atoms with E-state index >= 15 is 0 Å². The number of nitrogens with two attached hydrogens (primary N) is 1. The molecule has 0 aliphatic carbocycles. The Morgan fingerprint density at radius 1 is 1.37 bits per heavy atom. The molecule has 4 heteroatoms. The zero-order chi connectivity index (χ0) is 14.4. The molecule has 1 aromatic rings. The molecule has 0 aromatic carbocycles. The zero-order valence-corrected chi connectivity index (χ0v) is 13.1. The number of aryl methyl sites for hydroxylation is 1. The highest BCUT2D eigenvalue weighted by Crippen LogP contribution is 2.23. The molecule has 4 nitrogen and oxygen atoms in total. The fraction of sp³-hybridized carbons (Fsp3) is 0.800. The summed E-state index contributed by atoms with van der Waals surface area (Å²) in [6.45, 7) is 10.6. The fourth-order valence-corrected chi connectivity index (χ4v) is 2.69. The molecule has 0 aliphatic heterocycles. The molecule has 0 saturated heterocycles. The number of aromatic nitrogens is 2. The van der Waals surface area contributed by atoms with Gasteiger partial charge < -0.3 is 10.3 Å². The Morgan fingerprint density at radius 2 is 2.05 bits per heavy atom. The third kappa shape index (κ3) is 4.32. The molecule has 2 unspecified atom stereocenters. The summed E-state index contributed by atoms with van der Waals surface area (Å²) in [6, 6.07) is 0.779. The average Bonchev–Trinajstić information content (AvgIpc) is 2.78. The average molecular weight is 266 g/mol. The third-order valence-corrected chi connectivity index (χ3v) is 3.77. The van der Waals surface area contributed by atoms with Gasteiger partial charge in [0.2, 0.25) is 0 Å². The minimum absolute atomic E-state index is 0.253. The van der Waals surface area contributed by atoms with E-state index in [0.29, 0.717) is 18.5 Å². The van der Waals surface area contributed by atoms with E-state index in [2.05, 4.69) is 49.2 Å². The van der Waals surface area contributed by atoms with Gasteiger partial charge in [0.05, 0.1) is 18.1 Å². The normalized spacial score (nSPS) is 15.2. The highest BCUT2D eigenvalue weighted by molar-refractivity contribution is 5.07. The maximum absolute atomic E-state index is 6.02. The minimum atomic E-state index is 0.253. The van der Waals surface area contributed by atoms with E-state index in [1.807, 2.05) is 12.5 Å². The molecular weight excluding hydrogens is 236 g/mol. The number of nitrogens with zero attached hydrogens (tertiary/aromatic N) is 3. The van der Waals surface area contributed by atoms with Gasteiger partial charge in [0.15, 0.2) is 0 Å². The van der Waals surface area contributed by atoms with Gasteiger partial charge in [0, 0.05) is 25.3 Å². The minimum Gasteiger partial charge on any atom is -0.333 e. The first kappa shape index (κ1) is 16.2. The number of likely N-dealkylation sites (N-methyl/N-ethyl adjacent to an activating group) is 1. The van der Waals surface area contributed by atoms with Crippen LogP contribution in [0.1, 0.15) is 52.3 Å². The van der Waals surface area contributed by atoms with Crippen LogP contribution < -0.4 is 5.73 Å². The quantitative estimate of drug-likeness (QED) is 0.787. The van der Waals surface area contributed by atoms with Crippen molar-refractivity contribution in [1.82, 2.24) is 14.5 Å². The van der Waals surface area contributed by atoms with Crippen molar-refractivity contribution < 1.29 is 0 Å². The van der Waals surface area contributed by atoms with Gasteiger partial charge in [-0.25, -0.2) is 4.98 Å². The maximum Gasteiger partial charge on any atom is 0.0948 e. The predicted molar refractivity (Wildman–Crippen MR) is 81.0 cm³/mol. The van der Waals surface area contributed by atoms with Gasteiger partial charge in [-0.05, 0) is 32.7 Å². The van der Waals surface area contributed by atoms with Gasteiger partial charge in [0.1, 0.15) is 0 Å². The van der Waals surface area contributed by atoms with Crippen molar-refractivity contribution in [2.24, 2.45) is 11.7 Å². The van der Waals surface area contributed by atoms with Crippen LogP contribution in [0.5, 0.6) is 0 Å². The van der Waals surface area contributed by atoms with E-state index in [1.165, 1.54) is 12.1 Å². The second kappa shape index (κ2) is 7.65. The Kier molecular flexibility index (Phi) is 6.52. The first-order valence-corrected chi connectivity index (χ1v) is 7.43. The molecule has 0 radical (unpaired) electrons. The zero-order valence-electron chi connectivity index (χ0n) is 13.1. The van der Waals surface area contributed by atoms with Gasteiger partial charge in [0.25, 0.3) is 0 Å². The smallest absolute Gasteiger partial charge is 0.0948 e. The van der Waals surface area contributed by atoms with E-state index in [-0.39, 0.29) is 6.04 Å². The van der Waals surface area contributed by atoms with Crippen molar-refractivity contribution in [3.63, 3.8) is 0 Å². The van der Waals surface area contributed by atoms with Crippen LogP contribution in [-0.4, -0.2) is 34.1 Å². The van der Waals surface area contributed by atoms with Crippen molar-refractivity contribution in [2.75, 3.05) is 13.6 Å². The van der Waals surface area contributed by atoms with Crippen LogP contribution in [0.2, 0.25) is 0 Å². The monoisotopic (exact) mass is 266 g/mol. The Morgan fingerprint density at radius 3 is 2.58 bits per heavy atom. The lowest BCUT2D eigenvalue weighted by molar-refractivity contribution is 0.163. The van der Waals surface area contributed by atoms with Crippen LogP contribution >= 0.6 is 0 Å². The lowest BCUT2D eigenvalue weighted by atomic mass is 10.0. The molecule has 2 N–H and O–H groups in total. The van der Waals surface area contributed by atoms with Crippen molar-refractivity contribution in [2.45, 2.75) is 59.2 Å². The van der Waals surface area contributed by atoms with E-state index in [4.69, 9.17) is 5.73 Å². The first-order valence-electron chi connectivity index (χ1n) is 7.43. The Labute approximate surface area is 118 Å². The summed E-state index contributed by atoms with van der Waals surface area (Å²) in [5, 5.41) is 0. The second-order valence-electron chi connectivity index (χ2n) is 5.91. The van der Waals surface area contributed by atoms with E-state index in [9.17, 15) is 0 Å². The molecule has 1 aromatic heterocycles. The van der Waals surface area contributed by atoms with Gasteiger partial charge >= 0.3 is 0 Å². The molecule has 2 atom stereocenters. The number of hydrogen-bond donors (Lipinski definition) is 1. The molecule has 1 heterocycles. The lowest BCUT2D eigenvalue weighted by Crippen LogP contribution is -2.38. The predicted octanol–water partition coefficient (Wildman–Crippen LogP) is 2.66. The van der Waals surface area contributed by atoms with Crippen LogP contribution in [0.25, 0.3) is 0 Å². The van der Waals surface area contributed by atoms with Crippen LogP contribution in [0, 0.1) is 5.92 Å². The number of rotatable bonds is 8. The van der Waals surface area contributed by atoms with Crippen LogP contribution in [-0.2, 0) is 6.54 Å². The standard InChI is InChI=1S/C15H30N4/c1-6-7-19-11-17-10-15(19)14(9-16)18(5)13(4)8-12(2)3/h10-14H,6-9,16H2,1-5H3. The summed E-state index contributed by atoms with van der Waals surface area (Å²) in [4.78, 5) is 6.69. The van der Waals surface area contributed by atoms with Gasteiger partial charge in [-0.2, -0.15) is 0 Å². The first-order chi connectivity index (χ1) is 9.01. The Hall–Kier alpha value is -0.870. The number of imidazole rings is 1. The number of hydrogen-bond acceptors (Lipinski definition) is 3. The van der Waals surface area contributed by atoms with E-state index in [1.54, 1.807) is 0 Å². The molecule has 0 spiro atoms. The van der Waals surface area contributed by atoms with Crippen molar-refractivity contribution in [3.8, 4) is 0 Å². The topological polar surface area (TPSA) is 47.1 Å². The highest BCUT2D eigenvalue weighted by atomic mass is 15.2.